The van der Waals surface area contributed by atoms with Crippen molar-refractivity contribution < 1.29 is 26.7 Å². The molecule has 312 valence electrons. The second-order valence-electron chi connectivity index (χ2n) is 17.2. The lowest BCUT2D eigenvalue weighted by Gasteiger charge is -2.34. The number of benzene rings is 3. The fourth-order valence-electron chi connectivity index (χ4n) is 10.1. The van der Waals surface area contributed by atoms with Gasteiger partial charge < -0.3 is 19.7 Å². The first-order valence-electron chi connectivity index (χ1n) is 21.0. The molecule has 3 aromatic carbocycles. The third kappa shape index (κ3) is 6.74. The minimum atomic E-state index is -3.93. The standard InChI is InChI=1S/C45H43F2N9O4S/c1-2-34-37(46)15-12-28-6-3-9-35(38(28)34)40-39(47)41-36(20-48-40)43(54-22-30-13-14-31(23-54)50-30)52-44(51-41)60-25-45-16-5-17-55(45)21-27(19-45)24-59-32-7-4-8-33(18-32)61(57,58)56-26-49-42(53-56)29-10-11-29/h1,3-4,6-9,12,15,18,20,26-27,29-31,50H,5,10-11,13-14,16-17,19,21-25H2. The Morgan fingerprint density at radius 3 is 2.62 bits per heavy atom. The number of pyridine rings is 1. The van der Waals surface area contributed by atoms with Gasteiger partial charge in [-0.1, -0.05) is 36.3 Å². The van der Waals surface area contributed by atoms with Crippen molar-refractivity contribution in [2.45, 2.75) is 73.4 Å². The summed E-state index contributed by atoms with van der Waals surface area (Å²) in [5, 5.41) is 9.45. The summed E-state index contributed by atoms with van der Waals surface area (Å²) in [7, 11) is -3.93. The monoisotopic (exact) mass is 843 g/mol. The Morgan fingerprint density at radius 2 is 1.80 bits per heavy atom. The van der Waals surface area contributed by atoms with E-state index in [9.17, 15) is 12.8 Å². The highest BCUT2D eigenvalue weighted by Gasteiger charge is 2.49. The Bertz CT molecular complexity index is 2870. The zero-order chi connectivity index (χ0) is 41.5. The van der Waals surface area contributed by atoms with E-state index in [0.717, 1.165) is 62.1 Å². The van der Waals surface area contributed by atoms with Gasteiger partial charge in [-0.25, -0.2) is 13.8 Å². The number of piperazine rings is 1. The molecule has 4 aliphatic heterocycles. The van der Waals surface area contributed by atoms with Crippen LogP contribution in [0.1, 0.15) is 62.3 Å². The summed E-state index contributed by atoms with van der Waals surface area (Å²) in [6.07, 6.45) is 15.4. The predicted molar refractivity (Wildman–Crippen MR) is 224 cm³/mol. The van der Waals surface area contributed by atoms with Crippen molar-refractivity contribution in [3.05, 3.63) is 90.1 Å². The van der Waals surface area contributed by atoms with Gasteiger partial charge in [0.2, 0.25) is 0 Å². The normalized spacial score (nSPS) is 23.8. The van der Waals surface area contributed by atoms with E-state index in [1.165, 1.54) is 24.5 Å². The Morgan fingerprint density at radius 1 is 0.967 bits per heavy atom. The van der Waals surface area contributed by atoms with Crippen LogP contribution in [0.25, 0.3) is 32.9 Å². The zero-order valence-electron chi connectivity index (χ0n) is 33.3. The molecule has 1 N–H and O–H groups in total. The van der Waals surface area contributed by atoms with Gasteiger partial charge in [0, 0.05) is 66.8 Å². The maximum atomic E-state index is 17.1. The summed E-state index contributed by atoms with van der Waals surface area (Å²) >= 11 is 0. The molecule has 0 radical (unpaired) electrons. The molecule has 2 bridgehead atoms. The summed E-state index contributed by atoms with van der Waals surface area (Å²) in [6.45, 7) is 3.77. The van der Waals surface area contributed by atoms with Crippen molar-refractivity contribution in [2.24, 2.45) is 5.92 Å². The van der Waals surface area contributed by atoms with Crippen molar-refractivity contribution in [1.82, 2.24) is 39.3 Å². The first-order valence-corrected chi connectivity index (χ1v) is 22.4. The van der Waals surface area contributed by atoms with E-state index in [1.54, 1.807) is 36.5 Å². The van der Waals surface area contributed by atoms with E-state index >= 15 is 4.39 Å². The van der Waals surface area contributed by atoms with Crippen LogP contribution < -0.4 is 19.7 Å². The smallest absolute Gasteiger partial charge is 0.319 e. The number of ether oxygens (including phenoxy) is 2. The number of fused-ring (bicyclic) bond motifs is 5. The lowest BCUT2D eigenvalue weighted by atomic mass is 9.91. The Hall–Kier alpha value is -5.76. The Balaban J connectivity index is 0.864. The highest BCUT2D eigenvalue weighted by Crippen LogP contribution is 2.43. The van der Waals surface area contributed by atoms with Gasteiger partial charge in [-0.3, -0.25) is 9.88 Å². The lowest BCUT2D eigenvalue weighted by molar-refractivity contribution is 0.107. The molecule has 6 aromatic rings. The molecule has 7 heterocycles. The molecule has 4 atom stereocenters. The van der Waals surface area contributed by atoms with Crippen LogP contribution in [0.4, 0.5) is 14.6 Å². The summed E-state index contributed by atoms with van der Waals surface area (Å²) in [6, 6.07) is 15.4. The molecular formula is C45H43F2N9O4S. The van der Waals surface area contributed by atoms with Gasteiger partial charge in [0.1, 0.15) is 41.5 Å². The zero-order valence-corrected chi connectivity index (χ0v) is 34.1. The highest BCUT2D eigenvalue weighted by atomic mass is 32.2. The average Bonchev–Trinajstić information content (AvgIpc) is 3.53. The number of halogens is 2. The predicted octanol–water partition coefficient (Wildman–Crippen LogP) is 6.06. The molecule has 61 heavy (non-hydrogen) atoms. The van der Waals surface area contributed by atoms with Gasteiger partial charge in [0.05, 0.1) is 28.0 Å². The van der Waals surface area contributed by atoms with Crippen molar-refractivity contribution in [3.63, 3.8) is 0 Å². The number of anilines is 1. The molecule has 4 saturated heterocycles. The SMILES string of the molecule is C#Cc1c(F)ccc2cccc(-c3ncc4c(N5CC6CCC(C5)N6)nc(OCC56CCCN5CC(COc5cccc(S(=O)(=O)n7cnc(C8CC8)n7)c5)C6)nc4c3F)c12. The van der Waals surface area contributed by atoms with Gasteiger partial charge in [0.25, 0.3) is 10.0 Å². The fraction of sp³-hybridized carbons (Fsp3) is 0.400. The van der Waals surface area contributed by atoms with Crippen LogP contribution in [0.5, 0.6) is 11.8 Å². The molecule has 1 aliphatic carbocycles. The molecule has 0 spiro atoms. The van der Waals surface area contributed by atoms with E-state index in [-0.39, 0.29) is 45.1 Å². The molecule has 1 saturated carbocycles. The molecule has 0 amide bonds. The molecule has 13 nitrogen and oxygen atoms in total. The number of hydrogen-bond donors (Lipinski definition) is 1. The van der Waals surface area contributed by atoms with E-state index in [2.05, 4.69) is 36.1 Å². The summed E-state index contributed by atoms with van der Waals surface area (Å²) in [4.78, 5) is 23.2. The summed E-state index contributed by atoms with van der Waals surface area (Å²) in [5.41, 5.74) is 0.197. The van der Waals surface area contributed by atoms with Crippen molar-refractivity contribution in [2.75, 3.05) is 44.3 Å². The van der Waals surface area contributed by atoms with Gasteiger partial charge >= 0.3 is 6.01 Å². The van der Waals surface area contributed by atoms with E-state index in [0.29, 0.717) is 77.5 Å². The van der Waals surface area contributed by atoms with Crippen LogP contribution in [0, 0.1) is 29.9 Å². The van der Waals surface area contributed by atoms with E-state index in [1.807, 2.05) is 6.07 Å². The number of nitrogens with zero attached hydrogens (tertiary/aromatic N) is 8. The summed E-state index contributed by atoms with van der Waals surface area (Å²) < 4.78 is 72.6. The average molecular weight is 844 g/mol. The molecule has 5 fully saturated rings. The topological polar surface area (TPSA) is 140 Å². The largest absolute Gasteiger partial charge is 0.493 e. The van der Waals surface area contributed by atoms with E-state index in [4.69, 9.17) is 25.9 Å². The maximum Gasteiger partial charge on any atom is 0.319 e. The van der Waals surface area contributed by atoms with E-state index < -0.39 is 21.7 Å². The Labute approximate surface area is 351 Å². The second-order valence-corrected chi connectivity index (χ2v) is 19.0. The third-order valence-electron chi connectivity index (χ3n) is 13.2. The molecule has 11 rings (SSSR count). The van der Waals surface area contributed by atoms with Gasteiger partial charge in [0.15, 0.2) is 11.6 Å². The van der Waals surface area contributed by atoms with Gasteiger partial charge in [-0.15, -0.1) is 15.6 Å². The third-order valence-corrected chi connectivity index (χ3v) is 14.7. The van der Waals surface area contributed by atoms with Crippen molar-refractivity contribution in [3.8, 4) is 35.4 Å². The maximum absolute atomic E-state index is 17.1. The molecule has 16 heteroatoms. The van der Waals surface area contributed by atoms with Gasteiger partial charge in [-0.05, 0) is 75.1 Å². The van der Waals surface area contributed by atoms with Crippen LogP contribution in [-0.4, -0.2) is 99.5 Å². The fourth-order valence-corrected chi connectivity index (χ4v) is 11.2. The first kappa shape index (κ1) is 38.2. The lowest BCUT2D eigenvalue weighted by Crippen LogP contribution is -2.51. The number of rotatable bonds is 11. The van der Waals surface area contributed by atoms with Crippen LogP contribution in [-0.2, 0) is 10.0 Å². The molecule has 5 aliphatic rings. The Kier molecular flexibility index (Phi) is 9.21. The second kappa shape index (κ2) is 14.7. The summed E-state index contributed by atoms with van der Waals surface area (Å²) in [5.74, 6) is 3.20. The minimum absolute atomic E-state index is 0.0135. The first-order chi connectivity index (χ1) is 29.7. The number of aromatic nitrogens is 6. The van der Waals surface area contributed by atoms with Crippen molar-refractivity contribution in [1.29, 1.82) is 0 Å². The number of nitrogens with one attached hydrogen (secondary N) is 1. The highest BCUT2D eigenvalue weighted by molar-refractivity contribution is 7.89. The van der Waals surface area contributed by atoms with Crippen LogP contribution in [0.2, 0.25) is 0 Å². The van der Waals surface area contributed by atoms with Crippen LogP contribution in [0.3, 0.4) is 0 Å². The molecular weight excluding hydrogens is 801 g/mol. The quantitative estimate of drug-likeness (QED) is 0.152. The van der Waals surface area contributed by atoms with Crippen LogP contribution in [0.15, 0.2) is 72.0 Å². The number of terminal acetylenes is 1. The number of hydrogen-bond acceptors (Lipinski definition) is 12. The minimum Gasteiger partial charge on any atom is -0.493 e. The molecule has 3 aromatic heterocycles. The van der Waals surface area contributed by atoms with Crippen molar-refractivity contribution >= 4 is 37.5 Å². The molecule has 4 unspecified atom stereocenters. The van der Waals surface area contributed by atoms with Crippen LogP contribution >= 0.6 is 0 Å². The van der Waals surface area contributed by atoms with Gasteiger partial charge in [-0.2, -0.15) is 18.4 Å².